The third kappa shape index (κ3) is 4.24. The summed E-state index contributed by atoms with van der Waals surface area (Å²) in [6.45, 7) is -0.868. The van der Waals surface area contributed by atoms with Crippen LogP contribution in [0.1, 0.15) is 17.4 Å². The summed E-state index contributed by atoms with van der Waals surface area (Å²) in [5.41, 5.74) is 1.14. The lowest BCUT2D eigenvalue weighted by Crippen LogP contribution is -2.30. The van der Waals surface area contributed by atoms with Crippen molar-refractivity contribution in [3.63, 3.8) is 0 Å². The van der Waals surface area contributed by atoms with Crippen molar-refractivity contribution in [1.82, 2.24) is 29.6 Å². The molecule has 12 heteroatoms. The van der Waals surface area contributed by atoms with Crippen LogP contribution < -0.4 is 10.6 Å². The molecule has 1 aromatic carbocycles. The highest BCUT2D eigenvalue weighted by Crippen LogP contribution is 2.42. The predicted octanol–water partition coefficient (Wildman–Crippen LogP) is 4.73. The molecule has 3 N–H and O–H groups in total. The summed E-state index contributed by atoms with van der Waals surface area (Å²) in [6.07, 6.45) is 6.05. The number of hydrogen-bond donors (Lipinski definition) is 3. The first-order chi connectivity index (χ1) is 17.9. The molecule has 0 bridgehead atoms. The van der Waals surface area contributed by atoms with Crippen molar-refractivity contribution in [2.75, 3.05) is 19.0 Å². The van der Waals surface area contributed by atoms with Crippen LogP contribution >= 0.6 is 0 Å². The Morgan fingerprint density at radius 1 is 1.19 bits per heavy atom. The number of rotatable bonds is 8. The van der Waals surface area contributed by atoms with Gasteiger partial charge in [-0.25, -0.2) is 13.8 Å². The minimum Gasteiger partial charge on any atom is -0.375 e. The molecule has 0 radical (unpaired) electrons. The lowest BCUT2D eigenvalue weighted by atomic mass is 10.1. The van der Waals surface area contributed by atoms with E-state index in [0.717, 1.165) is 34.0 Å². The van der Waals surface area contributed by atoms with Crippen LogP contribution in [-0.2, 0) is 12.5 Å². The Hall–Kier alpha value is -4.48. The van der Waals surface area contributed by atoms with E-state index in [2.05, 4.69) is 25.8 Å². The van der Waals surface area contributed by atoms with Crippen LogP contribution in [0.25, 0.3) is 22.6 Å². The van der Waals surface area contributed by atoms with Crippen molar-refractivity contribution in [2.45, 2.75) is 18.5 Å². The van der Waals surface area contributed by atoms with Gasteiger partial charge in [-0.2, -0.15) is 8.78 Å². The van der Waals surface area contributed by atoms with Crippen LogP contribution in [-0.4, -0.2) is 44.3 Å². The Kier molecular flexibility index (Phi) is 6.24. The highest BCUT2D eigenvalue weighted by atomic mass is 19.3. The fourth-order valence-corrected chi connectivity index (χ4v) is 4.38. The molecule has 190 valence electrons. The maximum Gasteiger partial charge on any atom is 0.334 e. The number of hydrogen-bond acceptors (Lipinski definition) is 6. The van der Waals surface area contributed by atoms with E-state index < -0.39 is 35.8 Å². The number of pyridine rings is 1. The Balaban J connectivity index is 1.55. The molecule has 8 nitrogen and oxygen atoms in total. The van der Waals surface area contributed by atoms with Gasteiger partial charge in [-0.05, 0) is 42.0 Å². The van der Waals surface area contributed by atoms with Gasteiger partial charge in [0.25, 0.3) is 0 Å². The number of allylic oxidation sites excluding steroid dienone is 1. The van der Waals surface area contributed by atoms with E-state index in [1.807, 2.05) is 0 Å². The van der Waals surface area contributed by atoms with Crippen LogP contribution in [0.5, 0.6) is 0 Å². The molecule has 0 amide bonds. The Morgan fingerprint density at radius 2 is 2.00 bits per heavy atom. The lowest BCUT2D eigenvalue weighted by molar-refractivity contribution is 0.0221. The van der Waals surface area contributed by atoms with Gasteiger partial charge in [0.05, 0.1) is 17.3 Å². The van der Waals surface area contributed by atoms with E-state index in [9.17, 15) is 8.78 Å². The summed E-state index contributed by atoms with van der Waals surface area (Å²) in [7, 11) is 1.70. The maximum atomic E-state index is 15.4. The number of anilines is 1. The third-order valence-electron chi connectivity index (χ3n) is 6.14. The molecule has 0 saturated heterocycles. The van der Waals surface area contributed by atoms with E-state index in [4.69, 9.17) is 5.41 Å². The summed E-state index contributed by atoms with van der Waals surface area (Å²) >= 11 is 0. The van der Waals surface area contributed by atoms with Gasteiger partial charge in [0.2, 0.25) is 5.82 Å². The van der Waals surface area contributed by atoms with Crippen molar-refractivity contribution < 1.29 is 17.6 Å². The Labute approximate surface area is 209 Å². The molecule has 37 heavy (non-hydrogen) atoms. The lowest BCUT2D eigenvalue weighted by Gasteiger charge is -2.28. The first-order valence-corrected chi connectivity index (χ1v) is 11.3. The molecular formula is C25H22F4N8. The van der Waals surface area contributed by atoms with Crippen molar-refractivity contribution in [3.8, 4) is 22.6 Å². The molecule has 5 rings (SSSR count). The number of halogens is 4. The second kappa shape index (κ2) is 9.52. The van der Waals surface area contributed by atoms with Crippen molar-refractivity contribution in [3.05, 3.63) is 84.0 Å². The second-order valence-electron chi connectivity index (χ2n) is 8.40. The molecule has 0 saturated carbocycles. The number of nitrogens with zero attached hydrogens (tertiary/aromatic N) is 5. The van der Waals surface area contributed by atoms with Gasteiger partial charge in [0.1, 0.15) is 24.1 Å². The van der Waals surface area contributed by atoms with E-state index in [-0.39, 0.29) is 12.4 Å². The monoisotopic (exact) mass is 510 g/mol. The van der Waals surface area contributed by atoms with Crippen molar-refractivity contribution >= 4 is 12.0 Å². The first-order valence-electron chi connectivity index (χ1n) is 11.3. The van der Waals surface area contributed by atoms with E-state index in [1.165, 1.54) is 18.2 Å². The minimum atomic E-state index is -3.82. The molecular weight excluding hydrogens is 488 g/mol. The fraction of sp³-hybridized carbons (Fsp3) is 0.200. The third-order valence-corrected chi connectivity index (χ3v) is 6.14. The van der Waals surface area contributed by atoms with Crippen molar-refractivity contribution in [1.29, 1.82) is 5.41 Å². The quantitative estimate of drug-likeness (QED) is 0.235. The molecule has 1 aliphatic heterocycles. The van der Waals surface area contributed by atoms with Gasteiger partial charge in [-0.3, -0.25) is 4.57 Å². The smallest absolute Gasteiger partial charge is 0.334 e. The number of benzene rings is 1. The highest BCUT2D eigenvalue weighted by molar-refractivity contribution is 5.73. The van der Waals surface area contributed by atoms with Gasteiger partial charge in [-0.1, -0.05) is 12.1 Å². The molecule has 4 aromatic rings. The molecule has 3 aromatic heterocycles. The summed E-state index contributed by atoms with van der Waals surface area (Å²) in [4.78, 5) is 4.28. The number of aromatic nitrogens is 5. The number of fused-ring (bicyclic) bond motifs is 3. The maximum absolute atomic E-state index is 15.4. The highest BCUT2D eigenvalue weighted by Gasteiger charge is 2.45. The van der Waals surface area contributed by atoms with Gasteiger partial charge >= 0.3 is 5.92 Å². The predicted molar refractivity (Wildman–Crippen MR) is 131 cm³/mol. The second-order valence-corrected chi connectivity index (χ2v) is 8.40. The fourth-order valence-electron chi connectivity index (χ4n) is 4.38. The average molecular weight is 510 g/mol. The summed E-state index contributed by atoms with van der Waals surface area (Å²) in [5, 5.41) is 20.9. The molecule has 0 fully saturated rings. The molecule has 1 aliphatic rings. The van der Waals surface area contributed by atoms with Crippen molar-refractivity contribution in [2.24, 2.45) is 0 Å². The van der Waals surface area contributed by atoms with E-state index in [0.29, 0.717) is 17.3 Å². The average Bonchev–Trinajstić information content (AvgIpc) is 3.53. The first kappa shape index (κ1) is 24.2. The van der Waals surface area contributed by atoms with Crippen LogP contribution in [0.15, 0.2) is 66.8 Å². The summed E-state index contributed by atoms with van der Waals surface area (Å²) in [6, 6.07) is 8.87. The summed E-state index contributed by atoms with van der Waals surface area (Å²) < 4.78 is 62.1. The molecule has 0 spiro atoms. The van der Waals surface area contributed by atoms with Crippen LogP contribution in [0.3, 0.4) is 0 Å². The molecule has 0 aliphatic carbocycles. The topological polar surface area (TPSA) is 96.4 Å². The zero-order chi connectivity index (χ0) is 26.2. The minimum absolute atomic E-state index is 0.0688. The molecule has 0 unspecified atom stereocenters. The van der Waals surface area contributed by atoms with Gasteiger partial charge in [0, 0.05) is 37.8 Å². The van der Waals surface area contributed by atoms with Crippen LogP contribution in [0.4, 0.5) is 23.4 Å². The zero-order valence-corrected chi connectivity index (χ0v) is 19.6. The van der Waals surface area contributed by atoms with E-state index >= 15 is 8.78 Å². The molecule has 4 heterocycles. The van der Waals surface area contributed by atoms with Gasteiger partial charge in [-0.15, -0.1) is 10.2 Å². The Morgan fingerprint density at radius 3 is 2.73 bits per heavy atom. The zero-order valence-electron chi connectivity index (χ0n) is 19.6. The standard InChI is InChI=1S/C25H22F4N8/c1-31-21(6-8-30)33-22-11-15(7-9-32-22)16-10-20-23-34-35-24(37(23)17(12-26)14-36(20)13-16)25(28,29)18-4-2-3-5-19(18)27/h2-11,13,17,30-31H,12,14H2,1H3,(H,32,33)/b21-6+,30-8?/t17-/m0/s1. The Bertz CT molecular complexity index is 1490. The van der Waals surface area contributed by atoms with Crippen LogP contribution in [0, 0.1) is 11.2 Å². The number of alkyl halides is 3. The largest absolute Gasteiger partial charge is 0.375 e. The van der Waals surface area contributed by atoms with Gasteiger partial charge < -0.3 is 20.6 Å². The normalized spacial score (nSPS) is 15.2. The SMILES string of the molecule is CN/C(=C\C=N)Nc1cc(-c2cc3n(c2)C[C@H](CF)n2c-3nnc2C(F)(F)c2ccccc2F)ccn1. The van der Waals surface area contributed by atoms with E-state index in [1.54, 1.807) is 42.2 Å². The number of nitrogens with one attached hydrogen (secondary N) is 3. The summed E-state index contributed by atoms with van der Waals surface area (Å²) in [5.74, 6) is -4.55. The van der Waals surface area contributed by atoms with Crippen LogP contribution in [0.2, 0.25) is 0 Å². The van der Waals surface area contributed by atoms with Gasteiger partial charge in [0.15, 0.2) is 5.82 Å². The molecule has 1 atom stereocenters.